The third-order valence-electron chi connectivity index (χ3n) is 4.58. The summed E-state index contributed by atoms with van der Waals surface area (Å²) in [6.07, 6.45) is -0.167. The summed E-state index contributed by atoms with van der Waals surface area (Å²) >= 11 is 6.05. The van der Waals surface area contributed by atoms with Crippen LogP contribution in [0, 0.1) is 20.8 Å². The van der Waals surface area contributed by atoms with Crippen molar-refractivity contribution in [2.75, 3.05) is 11.1 Å². The van der Waals surface area contributed by atoms with Crippen molar-refractivity contribution < 1.29 is 17.7 Å². The maximum Gasteiger partial charge on any atom is 0.225 e. The minimum absolute atomic E-state index is 0.167. The van der Waals surface area contributed by atoms with Gasteiger partial charge in [0.05, 0.1) is 16.3 Å². The summed E-state index contributed by atoms with van der Waals surface area (Å²) in [5.74, 6) is -0.204. The molecule has 1 aromatic heterocycles. The number of nitrogens with one attached hydrogen (secondary N) is 1. The van der Waals surface area contributed by atoms with Gasteiger partial charge in [0, 0.05) is 28.8 Å². The highest BCUT2D eigenvalue weighted by Gasteiger charge is 2.21. The number of hydrogen-bond donors (Lipinski definition) is 1. The molecule has 0 spiro atoms. The first kappa shape index (κ1) is 21.1. The van der Waals surface area contributed by atoms with Crippen molar-refractivity contribution >= 4 is 33.0 Å². The molecule has 8 heteroatoms. The molecule has 0 aliphatic rings. The van der Waals surface area contributed by atoms with Crippen LogP contribution in [0.2, 0.25) is 5.02 Å². The quantitative estimate of drug-likeness (QED) is 0.608. The molecule has 0 aliphatic carbocycles. The zero-order valence-corrected chi connectivity index (χ0v) is 17.9. The Morgan fingerprint density at radius 3 is 2.59 bits per heavy atom. The maximum absolute atomic E-state index is 12.9. The second-order valence-corrected chi connectivity index (χ2v) is 9.33. The molecule has 29 heavy (non-hydrogen) atoms. The predicted molar refractivity (Wildman–Crippen MR) is 113 cm³/mol. The fourth-order valence-corrected chi connectivity index (χ4v) is 4.59. The van der Waals surface area contributed by atoms with Crippen molar-refractivity contribution in [3.05, 3.63) is 64.3 Å². The summed E-state index contributed by atoms with van der Waals surface area (Å²) in [7, 11) is -3.67. The molecule has 0 radical (unpaired) electrons. The number of anilines is 1. The first-order chi connectivity index (χ1) is 13.7. The molecular weight excluding hydrogens is 412 g/mol. The van der Waals surface area contributed by atoms with Crippen LogP contribution in [0.25, 0.3) is 11.3 Å². The lowest BCUT2D eigenvalue weighted by Crippen LogP contribution is -2.18. The molecule has 1 N–H and O–H groups in total. The highest BCUT2D eigenvalue weighted by atomic mass is 35.5. The number of carbonyl (C=O) groups is 1. The standard InChI is InChI=1S/C21H21ClN2O4S/c1-13-7-8-16(19-11-14(2)24-28-19)12-20(13)29(26,27)10-9-21(25)23-18-6-4-5-17(22)15(18)3/h4-8,11-12H,9-10H2,1-3H3,(H,23,25). The third kappa shape index (κ3) is 4.86. The van der Waals surface area contributed by atoms with Crippen LogP contribution in [0.4, 0.5) is 5.69 Å². The van der Waals surface area contributed by atoms with Crippen molar-refractivity contribution in [1.29, 1.82) is 0 Å². The van der Waals surface area contributed by atoms with E-state index in [2.05, 4.69) is 10.5 Å². The molecule has 6 nitrogen and oxygen atoms in total. The highest BCUT2D eigenvalue weighted by Crippen LogP contribution is 2.27. The van der Waals surface area contributed by atoms with Gasteiger partial charge in [0.1, 0.15) is 0 Å². The predicted octanol–water partition coefficient (Wildman–Crippen LogP) is 4.72. The topological polar surface area (TPSA) is 89.3 Å². The summed E-state index contributed by atoms with van der Waals surface area (Å²) in [6, 6.07) is 12.0. The number of nitrogens with zero attached hydrogens (tertiary/aromatic N) is 1. The minimum atomic E-state index is -3.67. The molecule has 0 aliphatic heterocycles. The van der Waals surface area contributed by atoms with E-state index >= 15 is 0 Å². The fraction of sp³-hybridized carbons (Fsp3) is 0.238. The number of rotatable bonds is 6. The number of amides is 1. The third-order valence-corrected chi connectivity index (χ3v) is 6.84. The van der Waals surface area contributed by atoms with Gasteiger partial charge in [0.15, 0.2) is 15.6 Å². The molecule has 0 atom stereocenters. The van der Waals surface area contributed by atoms with Gasteiger partial charge in [-0.05, 0) is 50.1 Å². The lowest BCUT2D eigenvalue weighted by atomic mass is 10.1. The molecule has 0 bridgehead atoms. The van der Waals surface area contributed by atoms with E-state index in [4.69, 9.17) is 16.1 Å². The van der Waals surface area contributed by atoms with Crippen LogP contribution in [0.3, 0.4) is 0 Å². The monoisotopic (exact) mass is 432 g/mol. The molecule has 3 rings (SSSR count). The van der Waals surface area contributed by atoms with Crippen LogP contribution in [-0.2, 0) is 14.6 Å². The van der Waals surface area contributed by atoms with Gasteiger partial charge in [0.2, 0.25) is 5.91 Å². The summed E-state index contributed by atoms with van der Waals surface area (Å²) in [5.41, 5.74) is 3.23. The Kier molecular flexibility index (Phi) is 6.10. The summed E-state index contributed by atoms with van der Waals surface area (Å²) < 4.78 is 31.0. The molecule has 0 unspecified atom stereocenters. The van der Waals surface area contributed by atoms with E-state index in [1.54, 1.807) is 63.2 Å². The van der Waals surface area contributed by atoms with E-state index in [9.17, 15) is 13.2 Å². The van der Waals surface area contributed by atoms with Crippen LogP contribution in [0.5, 0.6) is 0 Å². The Morgan fingerprint density at radius 2 is 1.90 bits per heavy atom. The largest absolute Gasteiger partial charge is 0.356 e. The van der Waals surface area contributed by atoms with Crippen molar-refractivity contribution in [2.24, 2.45) is 0 Å². The van der Waals surface area contributed by atoms with Gasteiger partial charge in [-0.3, -0.25) is 4.79 Å². The van der Waals surface area contributed by atoms with Crippen molar-refractivity contribution in [2.45, 2.75) is 32.1 Å². The van der Waals surface area contributed by atoms with Gasteiger partial charge >= 0.3 is 0 Å². The average Bonchev–Trinajstić information content (AvgIpc) is 3.10. The van der Waals surface area contributed by atoms with Gasteiger partial charge in [0.25, 0.3) is 0 Å². The Labute approximate surface area is 174 Å². The first-order valence-corrected chi connectivity index (χ1v) is 11.0. The average molecular weight is 433 g/mol. The number of aryl methyl sites for hydroxylation is 2. The van der Waals surface area contributed by atoms with Crippen LogP contribution in [0.1, 0.15) is 23.2 Å². The van der Waals surface area contributed by atoms with Crippen molar-refractivity contribution in [3.63, 3.8) is 0 Å². The zero-order valence-electron chi connectivity index (χ0n) is 16.3. The summed E-state index contributed by atoms with van der Waals surface area (Å²) in [5, 5.41) is 7.08. The second kappa shape index (κ2) is 8.39. The Balaban J connectivity index is 1.75. The van der Waals surface area contributed by atoms with Crippen molar-refractivity contribution in [1.82, 2.24) is 5.16 Å². The molecule has 0 saturated carbocycles. The normalized spacial score (nSPS) is 11.4. The molecule has 0 saturated heterocycles. The second-order valence-electron chi connectivity index (χ2n) is 6.84. The van der Waals surface area contributed by atoms with E-state index in [1.807, 2.05) is 0 Å². The fourth-order valence-electron chi connectivity index (χ4n) is 2.88. The Morgan fingerprint density at radius 1 is 1.14 bits per heavy atom. The summed E-state index contributed by atoms with van der Waals surface area (Å²) in [4.78, 5) is 12.5. The SMILES string of the molecule is Cc1cc(-c2ccc(C)c(S(=O)(=O)CCC(=O)Nc3cccc(Cl)c3C)c2)on1. The van der Waals surface area contributed by atoms with Gasteiger partial charge < -0.3 is 9.84 Å². The van der Waals surface area contributed by atoms with Gasteiger partial charge in [-0.2, -0.15) is 0 Å². The lowest BCUT2D eigenvalue weighted by molar-refractivity contribution is -0.115. The molecule has 2 aromatic carbocycles. The van der Waals surface area contributed by atoms with E-state index < -0.39 is 15.7 Å². The number of sulfone groups is 1. The van der Waals surface area contributed by atoms with Crippen LogP contribution >= 0.6 is 11.6 Å². The molecule has 3 aromatic rings. The van der Waals surface area contributed by atoms with E-state index in [1.165, 1.54) is 0 Å². The number of hydrogen-bond acceptors (Lipinski definition) is 5. The maximum atomic E-state index is 12.9. The van der Waals surface area contributed by atoms with Crippen molar-refractivity contribution in [3.8, 4) is 11.3 Å². The number of halogens is 1. The molecule has 1 amide bonds. The van der Waals surface area contributed by atoms with Gasteiger partial charge in [-0.25, -0.2) is 8.42 Å². The lowest BCUT2D eigenvalue weighted by Gasteiger charge is -2.11. The first-order valence-electron chi connectivity index (χ1n) is 8.99. The van der Waals surface area contributed by atoms with E-state index in [0.29, 0.717) is 33.3 Å². The van der Waals surface area contributed by atoms with Crippen LogP contribution < -0.4 is 5.32 Å². The number of benzene rings is 2. The Hall–Kier alpha value is -2.64. The van der Waals surface area contributed by atoms with Crippen LogP contribution in [-0.4, -0.2) is 25.2 Å². The Bertz CT molecular complexity index is 1170. The van der Waals surface area contributed by atoms with Gasteiger partial charge in [-0.15, -0.1) is 0 Å². The highest BCUT2D eigenvalue weighted by molar-refractivity contribution is 7.91. The minimum Gasteiger partial charge on any atom is -0.356 e. The zero-order chi connectivity index (χ0) is 21.2. The summed E-state index contributed by atoms with van der Waals surface area (Å²) in [6.45, 7) is 5.30. The van der Waals surface area contributed by atoms with E-state index in [0.717, 1.165) is 5.56 Å². The number of aromatic nitrogens is 1. The number of carbonyl (C=O) groups excluding carboxylic acids is 1. The molecule has 152 valence electrons. The molecular formula is C21H21ClN2O4S. The van der Waals surface area contributed by atoms with Crippen LogP contribution in [0.15, 0.2) is 51.9 Å². The van der Waals surface area contributed by atoms with E-state index in [-0.39, 0.29) is 17.1 Å². The molecule has 1 heterocycles. The molecule has 0 fully saturated rings. The smallest absolute Gasteiger partial charge is 0.225 e. The van der Waals surface area contributed by atoms with Gasteiger partial charge in [-0.1, -0.05) is 35.0 Å².